The van der Waals surface area contributed by atoms with Crippen molar-refractivity contribution in [3.05, 3.63) is 106 Å². The zero-order chi connectivity index (χ0) is 24.8. The van der Waals surface area contributed by atoms with Gasteiger partial charge in [-0.3, -0.25) is 9.36 Å². The van der Waals surface area contributed by atoms with E-state index < -0.39 is 0 Å². The van der Waals surface area contributed by atoms with Crippen LogP contribution in [0.2, 0.25) is 0 Å². The highest BCUT2D eigenvalue weighted by molar-refractivity contribution is 5.90. The maximum Gasteiger partial charge on any atom is 0.322 e. The van der Waals surface area contributed by atoms with Crippen LogP contribution >= 0.6 is 0 Å². The Morgan fingerprint density at radius 3 is 2.37 bits per heavy atom. The molecule has 1 N–H and O–H groups in total. The van der Waals surface area contributed by atoms with Gasteiger partial charge in [-0.2, -0.15) is 0 Å². The molecule has 6 heteroatoms. The van der Waals surface area contributed by atoms with Crippen LogP contribution in [0.25, 0.3) is 10.9 Å². The fourth-order valence-electron chi connectivity index (χ4n) is 4.44. The first-order valence-electron chi connectivity index (χ1n) is 12.2. The molecule has 0 spiro atoms. The highest BCUT2D eigenvalue weighted by Crippen LogP contribution is 2.26. The van der Waals surface area contributed by atoms with Crippen molar-refractivity contribution in [3.63, 3.8) is 0 Å². The molecule has 0 radical (unpaired) electrons. The number of benzene rings is 3. The number of aromatic nitrogens is 2. The SMILES string of the molecule is CCCN(C(=O)Nc1ccccc1C)C(CC)c1nc2ccccc2c(=O)n1Cc1ccccc1. The third kappa shape index (κ3) is 5.27. The molecule has 0 saturated heterocycles. The van der Waals surface area contributed by atoms with E-state index in [1.807, 2.05) is 105 Å². The van der Waals surface area contributed by atoms with Crippen molar-refractivity contribution in [1.82, 2.24) is 14.5 Å². The lowest BCUT2D eigenvalue weighted by Crippen LogP contribution is -2.41. The Morgan fingerprint density at radius 1 is 0.971 bits per heavy atom. The standard InChI is InChI=1S/C29H32N4O2/c1-4-19-32(29(35)31-24-17-11-9-13-21(24)3)26(5-2)27-30-25-18-12-10-16-23(25)28(34)33(27)20-22-14-7-6-8-15-22/h6-18,26H,4-5,19-20H2,1-3H3,(H,31,35). The molecular formula is C29H32N4O2. The summed E-state index contributed by atoms with van der Waals surface area (Å²) in [4.78, 5) is 34.0. The summed E-state index contributed by atoms with van der Waals surface area (Å²) in [5, 5.41) is 3.65. The van der Waals surface area contributed by atoms with Crippen molar-refractivity contribution in [2.24, 2.45) is 0 Å². The van der Waals surface area contributed by atoms with Crippen LogP contribution in [0.3, 0.4) is 0 Å². The summed E-state index contributed by atoms with van der Waals surface area (Å²) >= 11 is 0. The van der Waals surface area contributed by atoms with Gasteiger partial charge < -0.3 is 10.2 Å². The van der Waals surface area contributed by atoms with Crippen LogP contribution in [-0.2, 0) is 6.54 Å². The van der Waals surface area contributed by atoms with Gasteiger partial charge in [0.05, 0.1) is 23.5 Å². The molecule has 0 fully saturated rings. The molecular weight excluding hydrogens is 436 g/mol. The first kappa shape index (κ1) is 24.2. The quantitative estimate of drug-likeness (QED) is 0.337. The second-order valence-corrected chi connectivity index (χ2v) is 8.73. The van der Waals surface area contributed by atoms with Crippen molar-refractivity contribution in [2.75, 3.05) is 11.9 Å². The Labute approximate surface area is 206 Å². The number of anilines is 1. The number of nitrogens with one attached hydrogen (secondary N) is 1. The van der Waals surface area contributed by atoms with Gasteiger partial charge >= 0.3 is 6.03 Å². The summed E-state index contributed by atoms with van der Waals surface area (Å²) in [6.45, 7) is 6.99. The fraction of sp³-hybridized carbons (Fsp3) is 0.276. The molecule has 6 nitrogen and oxygen atoms in total. The van der Waals surface area contributed by atoms with Gasteiger partial charge in [-0.15, -0.1) is 0 Å². The Kier molecular flexibility index (Phi) is 7.60. The number of fused-ring (bicyclic) bond motifs is 1. The topological polar surface area (TPSA) is 67.2 Å². The molecule has 1 atom stereocenters. The minimum atomic E-state index is -0.361. The van der Waals surface area contributed by atoms with Crippen LogP contribution < -0.4 is 10.9 Å². The van der Waals surface area contributed by atoms with Crippen LogP contribution in [0, 0.1) is 6.92 Å². The summed E-state index contributed by atoms with van der Waals surface area (Å²) in [5.74, 6) is 0.605. The fourth-order valence-corrected chi connectivity index (χ4v) is 4.44. The van der Waals surface area contributed by atoms with E-state index >= 15 is 0 Å². The molecule has 3 aromatic carbocycles. The number of nitrogens with zero attached hydrogens (tertiary/aromatic N) is 3. The Hall–Kier alpha value is -3.93. The first-order chi connectivity index (χ1) is 17.0. The highest BCUT2D eigenvalue weighted by atomic mass is 16.2. The molecule has 0 aliphatic heterocycles. The minimum Gasteiger partial charge on any atom is -0.314 e. The van der Waals surface area contributed by atoms with Gasteiger partial charge in [0, 0.05) is 12.2 Å². The van der Waals surface area contributed by atoms with Gasteiger partial charge in [0.15, 0.2) is 0 Å². The lowest BCUT2D eigenvalue weighted by molar-refractivity contribution is 0.180. The maximum atomic E-state index is 13.7. The predicted octanol–water partition coefficient (Wildman–Crippen LogP) is 6.15. The van der Waals surface area contributed by atoms with Gasteiger partial charge in [0.2, 0.25) is 0 Å². The number of carbonyl (C=O) groups is 1. The normalized spacial score (nSPS) is 11.9. The molecule has 0 aliphatic carbocycles. The van der Waals surface area contributed by atoms with Crippen molar-refractivity contribution in [1.29, 1.82) is 0 Å². The van der Waals surface area contributed by atoms with Crippen LogP contribution in [0.5, 0.6) is 0 Å². The van der Waals surface area contributed by atoms with E-state index in [9.17, 15) is 9.59 Å². The number of aryl methyl sites for hydroxylation is 1. The summed E-state index contributed by atoms with van der Waals surface area (Å²) in [7, 11) is 0. The Balaban J connectivity index is 1.81. The molecule has 1 heterocycles. The van der Waals surface area contributed by atoms with E-state index in [2.05, 4.69) is 5.32 Å². The summed E-state index contributed by atoms with van der Waals surface area (Å²) in [6, 6.07) is 24.5. The number of hydrogen-bond acceptors (Lipinski definition) is 3. The molecule has 4 rings (SSSR count). The number of amides is 2. The Bertz CT molecular complexity index is 1360. The second kappa shape index (κ2) is 11.0. The third-order valence-corrected chi connectivity index (χ3v) is 6.25. The average molecular weight is 469 g/mol. The molecule has 2 amide bonds. The van der Waals surface area contributed by atoms with Crippen LogP contribution in [0.15, 0.2) is 83.7 Å². The van der Waals surface area contributed by atoms with E-state index in [1.54, 1.807) is 4.57 Å². The highest BCUT2D eigenvalue weighted by Gasteiger charge is 2.28. The molecule has 180 valence electrons. The van der Waals surface area contributed by atoms with Gasteiger partial charge in [0.25, 0.3) is 5.56 Å². The number of para-hydroxylation sites is 2. The zero-order valence-corrected chi connectivity index (χ0v) is 20.6. The predicted molar refractivity (Wildman–Crippen MR) is 142 cm³/mol. The van der Waals surface area contributed by atoms with Crippen LogP contribution in [-0.4, -0.2) is 27.0 Å². The summed E-state index contributed by atoms with van der Waals surface area (Å²) in [6.07, 6.45) is 1.41. The van der Waals surface area contributed by atoms with Crippen molar-refractivity contribution in [3.8, 4) is 0 Å². The first-order valence-corrected chi connectivity index (χ1v) is 12.2. The van der Waals surface area contributed by atoms with Crippen molar-refractivity contribution >= 4 is 22.6 Å². The van der Waals surface area contributed by atoms with E-state index in [-0.39, 0.29) is 17.6 Å². The van der Waals surface area contributed by atoms with Gasteiger partial charge in [-0.25, -0.2) is 9.78 Å². The van der Waals surface area contributed by atoms with E-state index in [0.717, 1.165) is 23.2 Å². The molecule has 0 saturated carbocycles. The van der Waals surface area contributed by atoms with E-state index in [4.69, 9.17) is 4.98 Å². The molecule has 4 aromatic rings. The van der Waals surface area contributed by atoms with Gasteiger partial charge in [-0.1, -0.05) is 74.5 Å². The third-order valence-electron chi connectivity index (χ3n) is 6.25. The zero-order valence-electron chi connectivity index (χ0n) is 20.6. The molecule has 35 heavy (non-hydrogen) atoms. The van der Waals surface area contributed by atoms with Crippen LogP contribution in [0.4, 0.5) is 10.5 Å². The molecule has 0 bridgehead atoms. The van der Waals surface area contributed by atoms with E-state index in [0.29, 0.717) is 36.2 Å². The average Bonchev–Trinajstić information content (AvgIpc) is 2.88. The van der Waals surface area contributed by atoms with E-state index in [1.165, 1.54) is 0 Å². The monoisotopic (exact) mass is 468 g/mol. The smallest absolute Gasteiger partial charge is 0.314 e. The second-order valence-electron chi connectivity index (χ2n) is 8.73. The number of urea groups is 1. The van der Waals surface area contributed by atoms with Gasteiger partial charge in [-0.05, 0) is 49.1 Å². The van der Waals surface area contributed by atoms with Crippen molar-refractivity contribution < 1.29 is 4.79 Å². The molecule has 0 aliphatic rings. The van der Waals surface area contributed by atoms with Crippen molar-refractivity contribution in [2.45, 2.75) is 46.2 Å². The number of hydrogen-bond donors (Lipinski definition) is 1. The van der Waals surface area contributed by atoms with Crippen LogP contribution in [0.1, 0.15) is 49.7 Å². The summed E-state index contributed by atoms with van der Waals surface area (Å²) in [5.41, 5.74) is 3.33. The molecule has 1 unspecified atom stereocenters. The largest absolute Gasteiger partial charge is 0.322 e. The lowest BCUT2D eigenvalue weighted by atomic mass is 10.1. The van der Waals surface area contributed by atoms with Gasteiger partial charge in [0.1, 0.15) is 5.82 Å². The Morgan fingerprint density at radius 2 is 1.66 bits per heavy atom. The number of rotatable bonds is 8. The lowest BCUT2D eigenvalue weighted by Gasteiger charge is -2.32. The maximum absolute atomic E-state index is 13.7. The number of carbonyl (C=O) groups excluding carboxylic acids is 1. The minimum absolute atomic E-state index is 0.0938. The summed E-state index contributed by atoms with van der Waals surface area (Å²) < 4.78 is 1.73. The molecule has 1 aromatic heterocycles.